The summed E-state index contributed by atoms with van der Waals surface area (Å²) >= 11 is 0. The van der Waals surface area contributed by atoms with Gasteiger partial charge in [-0.15, -0.1) is 5.10 Å². The minimum atomic E-state index is 0.516. The topological polar surface area (TPSA) is 42.7 Å². The van der Waals surface area contributed by atoms with Crippen LogP contribution in [0.1, 0.15) is 19.5 Å². The van der Waals surface area contributed by atoms with Gasteiger partial charge in [0.1, 0.15) is 0 Å². The number of aryl methyl sites for hydroxylation is 1. The molecule has 1 aromatic rings. The highest BCUT2D eigenvalue weighted by Crippen LogP contribution is 2.08. The van der Waals surface area contributed by atoms with Gasteiger partial charge in [-0.2, -0.15) is 0 Å². The summed E-state index contributed by atoms with van der Waals surface area (Å²) in [7, 11) is 3.88. The molecule has 0 fully saturated rings. The summed E-state index contributed by atoms with van der Waals surface area (Å²) in [6.45, 7) is 4.40. The average molecular weight is 182 g/mol. The highest BCUT2D eigenvalue weighted by Gasteiger charge is 2.12. The molecule has 0 aromatic carbocycles. The van der Waals surface area contributed by atoms with Crippen LogP contribution in [-0.4, -0.2) is 28.1 Å². The predicted molar refractivity (Wildman–Crippen MR) is 52.4 cm³/mol. The maximum absolute atomic E-state index is 4.06. The summed E-state index contributed by atoms with van der Waals surface area (Å²) in [5, 5.41) is 11.2. The maximum Gasteiger partial charge on any atom is 0.0830 e. The highest BCUT2D eigenvalue weighted by molar-refractivity contribution is 4.94. The molecule has 13 heavy (non-hydrogen) atoms. The zero-order chi connectivity index (χ0) is 9.84. The van der Waals surface area contributed by atoms with Gasteiger partial charge in [0, 0.05) is 19.3 Å². The van der Waals surface area contributed by atoms with E-state index in [0.29, 0.717) is 12.0 Å². The lowest BCUT2D eigenvalue weighted by molar-refractivity contribution is 0.420. The Morgan fingerprint density at radius 1 is 1.54 bits per heavy atom. The molecular weight excluding hydrogens is 164 g/mol. The van der Waals surface area contributed by atoms with E-state index in [0.717, 1.165) is 12.1 Å². The van der Waals surface area contributed by atoms with E-state index in [1.54, 1.807) is 4.68 Å². The number of hydrogen-bond donors (Lipinski definition) is 1. The average Bonchev–Trinajstić information content (AvgIpc) is 2.49. The number of hydrogen-bond acceptors (Lipinski definition) is 3. The Morgan fingerprint density at radius 3 is 2.69 bits per heavy atom. The molecule has 1 aromatic heterocycles. The monoisotopic (exact) mass is 182 g/mol. The van der Waals surface area contributed by atoms with Gasteiger partial charge in [-0.1, -0.05) is 12.1 Å². The number of rotatable bonds is 4. The van der Waals surface area contributed by atoms with Crippen molar-refractivity contribution in [3.05, 3.63) is 11.9 Å². The normalized spacial score (nSPS) is 15.7. The van der Waals surface area contributed by atoms with Crippen molar-refractivity contribution < 1.29 is 0 Å². The fourth-order valence-electron chi connectivity index (χ4n) is 1.28. The van der Waals surface area contributed by atoms with Gasteiger partial charge >= 0.3 is 0 Å². The van der Waals surface area contributed by atoms with Gasteiger partial charge in [-0.05, 0) is 26.3 Å². The highest BCUT2D eigenvalue weighted by atomic mass is 15.4. The predicted octanol–water partition coefficient (Wildman–Crippen LogP) is 0.602. The maximum atomic E-state index is 4.06. The number of nitrogens with zero attached hydrogens (tertiary/aromatic N) is 3. The molecule has 1 rings (SSSR count). The van der Waals surface area contributed by atoms with Crippen LogP contribution in [0, 0.1) is 5.92 Å². The molecule has 4 heteroatoms. The molecule has 2 atom stereocenters. The van der Waals surface area contributed by atoms with Crippen molar-refractivity contribution in [3.63, 3.8) is 0 Å². The first-order valence-electron chi connectivity index (χ1n) is 4.66. The first-order valence-corrected chi connectivity index (χ1v) is 4.66. The van der Waals surface area contributed by atoms with Crippen molar-refractivity contribution in [1.29, 1.82) is 0 Å². The zero-order valence-corrected chi connectivity index (χ0v) is 8.78. The van der Waals surface area contributed by atoms with Crippen molar-refractivity contribution in [1.82, 2.24) is 20.3 Å². The third-order valence-corrected chi connectivity index (χ3v) is 2.49. The largest absolute Gasteiger partial charge is 0.317 e. The first-order chi connectivity index (χ1) is 6.13. The smallest absolute Gasteiger partial charge is 0.0830 e. The van der Waals surface area contributed by atoms with Crippen LogP contribution in [0.2, 0.25) is 0 Å². The molecule has 74 valence electrons. The Kier molecular flexibility index (Phi) is 3.42. The number of aromatic nitrogens is 3. The summed E-state index contributed by atoms with van der Waals surface area (Å²) in [4.78, 5) is 0. The van der Waals surface area contributed by atoms with E-state index >= 15 is 0 Å². The summed E-state index contributed by atoms with van der Waals surface area (Å²) in [6, 6.07) is 0.516. The molecule has 0 saturated carbocycles. The lowest BCUT2D eigenvalue weighted by Crippen LogP contribution is -2.29. The van der Waals surface area contributed by atoms with Crippen LogP contribution in [0.3, 0.4) is 0 Å². The Balaban J connectivity index is 2.49. The molecule has 1 heterocycles. The van der Waals surface area contributed by atoms with Gasteiger partial charge in [0.15, 0.2) is 0 Å². The standard InChI is InChI=1S/C9H18N4/c1-7(8(2)10-3)5-9-6-13(4)12-11-9/h6-8,10H,5H2,1-4H3. The third kappa shape index (κ3) is 2.81. The van der Waals surface area contributed by atoms with Gasteiger partial charge in [0.05, 0.1) is 5.69 Å². The quantitative estimate of drug-likeness (QED) is 0.741. The van der Waals surface area contributed by atoms with Crippen molar-refractivity contribution >= 4 is 0 Å². The second kappa shape index (κ2) is 4.37. The molecule has 0 bridgehead atoms. The second-order valence-corrected chi connectivity index (χ2v) is 3.64. The molecule has 4 nitrogen and oxygen atoms in total. The molecule has 0 amide bonds. The van der Waals surface area contributed by atoms with Crippen LogP contribution < -0.4 is 5.32 Å². The molecule has 2 unspecified atom stereocenters. The van der Waals surface area contributed by atoms with Crippen molar-refractivity contribution in [3.8, 4) is 0 Å². The van der Waals surface area contributed by atoms with Crippen LogP contribution in [0.25, 0.3) is 0 Å². The van der Waals surface area contributed by atoms with E-state index in [-0.39, 0.29) is 0 Å². The van der Waals surface area contributed by atoms with E-state index < -0.39 is 0 Å². The minimum Gasteiger partial charge on any atom is -0.317 e. The third-order valence-electron chi connectivity index (χ3n) is 2.49. The summed E-state index contributed by atoms with van der Waals surface area (Å²) in [5.74, 6) is 0.585. The fourth-order valence-corrected chi connectivity index (χ4v) is 1.28. The van der Waals surface area contributed by atoms with Crippen LogP contribution in [0.4, 0.5) is 0 Å². The molecular formula is C9H18N4. The molecule has 1 N–H and O–H groups in total. The van der Waals surface area contributed by atoms with Gasteiger partial charge in [0.2, 0.25) is 0 Å². The molecule has 0 aliphatic carbocycles. The van der Waals surface area contributed by atoms with Gasteiger partial charge in [-0.3, -0.25) is 4.68 Å². The first kappa shape index (κ1) is 10.2. The van der Waals surface area contributed by atoms with E-state index in [9.17, 15) is 0 Å². The fraction of sp³-hybridized carbons (Fsp3) is 0.778. The minimum absolute atomic E-state index is 0.516. The molecule has 0 aliphatic rings. The SMILES string of the molecule is CNC(C)C(C)Cc1cn(C)nn1. The van der Waals surface area contributed by atoms with Crippen LogP contribution in [0.15, 0.2) is 6.20 Å². The summed E-state index contributed by atoms with van der Waals surface area (Å²) in [5.41, 5.74) is 1.07. The van der Waals surface area contributed by atoms with Gasteiger partial charge in [0.25, 0.3) is 0 Å². The second-order valence-electron chi connectivity index (χ2n) is 3.64. The van der Waals surface area contributed by atoms with E-state index in [4.69, 9.17) is 0 Å². The molecule has 0 aliphatic heterocycles. The summed E-state index contributed by atoms with van der Waals surface area (Å²) in [6.07, 6.45) is 2.95. The molecule has 0 radical (unpaired) electrons. The van der Waals surface area contributed by atoms with Crippen molar-refractivity contribution in [2.24, 2.45) is 13.0 Å². The lowest BCUT2D eigenvalue weighted by atomic mass is 9.98. The van der Waals surface area contributed by atoms with Crippen LogP contribution in [-0.2, 0) is 13.5 Å². The number of nitrogens with one attached hydrogen (secondary N) is 1. The van der Waals surface area contributed by atoms with E-state index in [1.807, 2.05) is 20.3 Å². The van der Waals surface area contributed by atoms with Gasteiger partial charge in [-0.25, -0.2) is 0 Å². The Hall–Kier alpha value is -0.900. The Bertz CT molecular complexity index is 256. The molecule has 0 spiro atoms. The molecule has 0 saturated heterocycles. The zero-order valence-electron chi connectivity index (χ0n) is 8.78. The van der Waals surface area contributed by atoms with Crippen molar-refractivity contribution in [2.45, 2.75) is 26.3 Å². The van der Waals surface area contributed by atoms with Gasteiger partial charge < -0.3 is 5.32 Å². The van der Waals surface area contributed by atoms with Crippen molar-refractivity contribution in [2.75, 3.05) is 7.05 Å². The van der Waals surface area contributed by atoms with Crippen LogP contribution in [0.5, 0.6) is 0 Å². The summed E-state index contributed by atoms with van der Waals surface area (Å²) < 4.78 is 1.74. The Labute approximate surface area is 79.3 Å². The lowest BCUT2D eigenvalue weighted by Gasteiger charge is -2.17. The Morgan fingerprint density at radius 2 is 2.23 bits per heavy atom. The van der Waals surface area contributed by atoms with Crippen LogP contribution >= 0.6 is 0 Å². The van der Waals surface area contributed by atoms with E-state index in [2.05, 4.69) is 29.5 Å². The van der Waals surface area contributed by atoms with E-state index in [1.165, 1.54) is 0 Å².